The van der Waals surface area contributed by atoms with Crippen molar-refractivity contribution in [2.75, 3.05) is 13.7 Å². The van der Waals surface area contributed by atoms with Gasteiger partial charge in [0, 0.05) is 17.7 Å². The predicted molar refractivity (Wildman–Crippen MR) is 117 cm³/mol. The standard InChI is InChI=1S/C23H24N2O6S/c1-3-30-23(26)19-14-21(31-24-19)16-11-12-20(29-2)22(13-16)32(27,28)25-18-10-6-8-15-7-4-5-9-17(15)18/h4-5,7,9,11-14,18,25H,3,6,8,10H2,1-2H3. The highest BCUT2D eigenvalue weighted by molar-refractivity contribution is 7.89. The first-order valence-corrected chi connectivity index (χ1v) is 11.8. The van der Waals surface area contributed by atoms with E-state index in [1.807, 2.05) is 24.3 Å². The number of rotatable bonds is 7. The van der Waals surface area contributed by atoms with E-state index in [2.05, 4.69) is 9.88 Å². The van der Waals surface area contributed by atoms with Crippen LogP contribution in [0.4, 0.5) is 0 Å². The van der Waals surface area contributed by atoms with Crippen LogP contribution in [0.3, 0.4) is 0 Å². The van der Waals surface area contributed by atoms with Crippen LogP contribution in [-0.4, -0.2) is 33.3 Å². The Balaban J connectivity index is 1.66. The van der Waals surface area contributed by atoms with Crippen molar-refractivity contribution in [3.05, 3.63) is 65.4 Å². The first kappa shape index (κ1) is 22.0. The van der Waals surface area contributed by atoms with Crippen molar-refractivity contribution < 1.29 is 27.2 Å². The SMILES string of the molecule is CCOC(=O)c1cc(-c2ccc(OC)c(S(=O)(=O)NC3CCCc4ccccc43)c2)on1. The molecule has 2 aromatic carbocycles. The maximum absolute atomic E-state index is 13.4. The molecule has 0 saturated carbocycles. The largest absolute Gasteiger partial charge is 0.495 e. The number of hydrogen-bond donors (Lipinski definition) is 1. The van der Waals surface area contributed by atoms with E-state index in [1.165, 1.54) is 19.2 Å². The second-order valence-electron chi connectivity index (χ2n) is 7.43. The van der Waals surface area contributed by atoms with Crippen molar-refractivity contribution in [3.63, 3.8) is 0 Å². The van der Waals surface area contributed by atoms with Crippen molar-refractivity contribution >= 4 is 16.0 Å². The Hall–Kier alpha value is -3.17. The molecule has 0 bridgehead atoms. The molecule has 1 heterocycles. The number of aromatic nitrogens is 1. The van der Waals surface area contributed by atoms with E-state index < -0.39 is 16.0 Å². The van der Waals surface area contributed by atoms with Crippen LogP contribution in [0, 0.1) is 0 Å². The number of fused-ring (bicyclic) bond motifs is 1. The lowest BCUT2D eigenvalue weighted by atomic mass is 9.88. The Labute approximate surface area is 186 Å². The first-order valence-electron chi connectivity index (χ1n) is 10.4. The van der Waals surface area contributed by atoms with Gasteiger partial charge in [0.2, 0.25) is 10.0 Å². The van der Waals surface area contributed by atoms with Gasteiger partial charge < -0.3 is 14.0 Å². The van der Waals surface area contributed by atoms with Crippen LogP contribution in [0.1, 0.15) is 47.4 Å². The van der Waals surface area contributed by atoms with Gasteiger partial charge in [0.15, 0.2) is 11.5 Å². The van der Waals surface area contributed by atoms with Crippen LogP contribution >= 0.6 is 0 Å². The number of benzene rings is 2. The van der Waals surface area contributed by atoms with Crippen LogP contribution in [0.25, 0.3) is 11.3 Å². The van der Waals surface area contributed by atoms with Gasteiger partial charge in [0.25, 0.3) is 0 Å². The molecule has 168 valence electrons. The molecule has 1 unspecified atom stereocenters. The lowest BCUT2D eigenvalue weighted by Crippen LogP contribution is -2.31. The summed E-state index contributed by atoms with van der Waals surface area (Å²) in [5.41, 5.74) is 2.60. The Kier molecular flexibility index (Phi) is 6.29. The maximum atomic E-state index is 13.4. The molecule has 0 amide bonds. The number of methoxy groups -OCH3 is 1. The minimum Gasteiger partial charge on any atom is -0.495 e. The molecular weight excluding hydrogens is 432 g/mol. The van der Waals surface area contributed by atoms with E-state index in [9.17, 15) is 13.2 Å². The van der Waals surface area contributed by atoms with Gasteiger partial charge in [-0.1, -0.05) is 29.4 Å². The van der Waals surface area contributed by atoms with Gasteiger partial charge >= 0.3 is 5.97 Å². The van der Waals surface area contributed by atoms with Crippen LogP contribution in [0.5, 0.6) is 5.75 Å². The van der Waals surface area contributed by atoms with Crippen LogP contribution in [0.2, 0.25) is 0 Å². The number of carbonyl (C=O) groups is 1. The van der Waals surface area contributed by atoms with E-state index in [0.717, 1.165) is 24.0 Å². The number of aryl methyl sites for hydroxylation is 1. The summed E-state index contributed by atoms with van der Waals surface area (Å²) in [5.74, 6) is -0.160. The number of ether oxygens (including phenoxy) is 2. The fraction of sp³-hybridized carbons (Fsp3) is 0.304. The average Bonchev–Trinajstić information content (AvgIpc) is 3.29. The van der Waals surface area contributed by atoms with E-state index >= 15 is 0 Å². The molecule has 1 aromatic heterocycles. The lowest BCUT2D eigenvalue weighted by molar-refractivity contribution is 0.0514. The average molecular weight is 457 g/mol. The van der Waals surface area contributed by atoms with Gasteiger partial charge in [-0.2, -0.15) is 0 Å². The summed E-state index contributed by atoms with van der Waals surface area (Å²) >= 11 is 0. The summed E-state index contributed by atoms with van der Waals surface area (Å²) in [5, 5.41) is 3.72. The van der Waals surface area contributed by atoms with Crippen molar-refractivity contribution in [1.29, 1.82) is 0 Å². The third-order valence-electron chi connectivity index (χ3n) is 5.40. The molecular formula is C23H24N2O6S. The molecule has 0 spiro atoms. The van der Waals surface area contributed by atoms with Gasteiger partial charge in [-0.15, -0.1) is 0 Å². The molecule has 1 aliphatic rings. The molecule has 4 rings (SSSR count). The molecule has 0 radical (unpaired) electrons. The fourth-order valence-electron chi connectivity index (χ4n) is 3.88. The van der Waals surface area contributed by atoms with E-state index in [-0.39, 0.29) is 34.7 Å². The number of esters is 1. The van der Waals surface area contributed by atoms with Crippen molar-refractivity contribution in [2.24, 2.45) is 0 Å². The molecule has 0 fully saturated rings. The number of carbonyl (C=O) groups excluding carboxylic acids is 1. The Morgan fingerprint density at radius 3 is 2.81 bits per heavy atom. The maximum Gasteiger partial charge on any atom is 0.360 e. The van der Waals surface area contributed by atoms with Crippen molar-refractivity contribution in [3.8, 4) is 17.1 Å². The summed E-state index contributed by atoms with van der Waals surface area (Å²) in [7, 11) is -2.51. The van der Waals surface area contributed by atoms with Crippen molar-refractivity contribution in [2.45, 2.75) is 37.1 Å². The van der Waals surface area contributed by atoms with Gasteiger partial charge in [-0.05, 0) is 55.5 Å². The zero-order valence-corrected chi connectivity index (χ0v) is 18.6. The summed E-state index contributed by atoms with van der Waals surface area (Å²) in [6, 6.07) is 13.6. The van der Waals surface area contributed by atoms with Crippen LogP contribution < -0.4 is 9.46 Å². The van der Waals surface area contributed by atoms with Gasteiger partial charge in [0.1, 0.15) is 10.6 Å². The highest BCUT2D eigenvalue weighted by Gasteiger charge is 2.28. The molecule has 1 N–H and O–H groups in total. The Morgan fingerprint density at radius 1 is 1.22 bits per heavy atom. The number of nitrogens with one attached hydrogen (secondary N) is 1. The number of sulfonamides is 1. The summed E-state index contributed by atoms with van der Waals surface area (Å²) in [6.45, 7) is 1.90. The van der Waals surface area contributed by atoms with Gasteiger partial charge in [-0.3, -0.25) is 0 Å². The summed E-state index contributed by atoms with van der Waals surface area (Å²) in [4.78, 5) is 11.8. The molecule has 0 aliphatic heterocycles. The van der Waals surface area contributed by atoms with E-state index in [4.69, 9.17) is 14.0 Å². The first-order chi connectivity index (χ1) is 15.4. The number of nitrogens with zero attached hydrogens (tertiary/aromatic N) is 1. The predicted octanol–water partition coefficient (Wildman–Crippen LogP) is 3.88. The van der Waals surface area contributed by atoms with E-state index in [1.54, 1.807) is 19.1 Å². The third-order valence-corrected chi connectivity index (χ3v) is 6.89. The second-order valence-corrected chi connectivity index (χ2v) is 9.11. The minimum atomic E-state index is -3.92. The Morgan fingerprint density at radius 2 is 2.03 bits per heavy atom. The highest BCUT2D eigenvalue weighted by atomic mass is 32.2. The fourth-order valence-corrected chi connectivity index (χ4v) is 5.32. The smallest absolute Gasteiger partial charge is 0.360 e. The molecule has 1 aliphatic carbocycles. The molecule has 9 heteroatoms. The quantitative estimate of drug-likeness (QED) is 0.538. The van der Waals surface area contributed by atoms with Gasteiger partial charge in [-0.25, -0.2) is 17.9 Å². The zero-order chi connectivity index (χ0) is 22.7. The lowest BCUT2D eigenvalue weighted by Gasteiger charge is -2.26. The van der Waals surface area contributed by atoms with Crippen LogP contribution in [-0.2, 0) is 21.2 Å². The normalized spacial score (nSPS) is 15.8. The topological polar surface area (TPSA) is 108 Å². The molecule has 8 nitrogen and oxygen atoms in total. The molecule has 32 heavy (non-hydrogen) atoms. The van der Waals surface area contributed by atoms with Crippen molar-refractivity contribution in [1.82, 2.24) is 9.88 Å². The third kappa shape index (κ3) is 4.39. The number of hydrogen-bond acceptors (Lipinski definition) is 7. The minimum absolute atomic E-state index is 0.0130. The van der Waals surface area contributed by atoms with Crippen LogP contribution in [0.15, 0.2) is 57.9 Å². The monoisotopic (exact) mass is 456 g/mol. The second kappa shape index (κ2) is 9.13. The summed E-state index contributed by atoms with van der Waals surface area (Å²) < 4.78 is 45.0. The molecule has 0 saturated heterocycles. The summed E-state index contributed by atoms with van der Waals surface area (Å²) in [6.07, 6.45) is 2.54. The van der Waals surface area contributed by atoms with E-state index in [0.29, 0.717) is 12.0 Å². The highest BCUT2D eigenvalue weighted by Crippen LogP contribution is 2.34. The molecule has 1 atom stereocenters. The Bertz CT molecular complexity index is 1230. The van der Waals surface area contributed by atoms with Gasteiger partial charge in [0.05, 0.1) is 13.7 Å². The zero-order valence-electron chi connectivity index (χ0n) is 17.8. The molecule has 3 aromatic rings.